The standard InChI is InChI=1S/C13H20N2O2.C2H6/c1-5-8-9-15(4)13(17)14-12(7-3)11(6-2)10-16;1-2/h6-7,10H,2-3,5,8-9H2,1,4H3,(H,14,17);1-2H3/b12-11-;. The number of allylic oxidation sites excluding steroid dienone is 3. The number of nitrogens with one attached hydrogen (secondary N) is 1. The molecular weight excluding hydrogens is 240 g/mol. The molecule has 108 valence electrons. The second kappa shape index (κ2) is 12.6. The van der Waals surface area contributed by atoms with Gasteiger partial charge in [0.05, 0.1) is 5.70 Å². The van der Waals surface area contributed by atoms with Crippen LogP contribution in [0.3, 0.4) is 0 Å². The number of unbranched alkanes of at least 4 members (excludes halogenated alkanes) is 1. The van der Waals surface area contributed by atoms with Crippen LogP contribution in [-0.2, 0) is 4.79 Å². The van der Waals surface area contributed by atoms with Crippen molar-refractivity contribution in [2.75, 3.05) is 13.6 Å². The van der Waals surface area contributed by atoms with E-state index in [0.717, 1.165) is 12.8 Å². The van der Waals surface area contributed by atoms with Gasteiger partial charge >= 0.3 is 6.03 Å². The molecule has 2 amide bonds. The number of rotatable bonds is 7. The van der Waals surface area contributed by atoms with E-state index < -0.39 is 0 Å². The van der Waals surface area contributed by atoms with Crippen molar-refractivity contribution in [2.24, 2.45) is 0 Å². The maximum atomic E-state index is 11.7. The molecule has 0 aliphatic heterocycles. The van der Waals surface area contributed by atoms with Crippen molar-refractivity contribution in [1.29, 1.82) is 0 Å². The van der Waals surface area contributed by atoms with Gasteiger partial charge in [0.2, 0.25) is 0 Å². The fourth-order valence-corrected chi connectivity index (χ4v) is 1.17. The van der Waals surface area contributed by atoms with Crippen molar-refractivity contribution in [2.45, 2.75) is 33.6 Å². The van der Waals surface area contributed by atoms with E-state index in [0.29, 0.717) is 24.1 Å². The summed E-state index contributed by atoms with van der Waals surface area (Å²) in [7, 11) is 1.71. The molecule has 19 heavy (non-hydrogen) atoms. The lowest BCUT2D eigenvalue weighted by Gasteiger charge is -2.18. The second-order valence-electron chi connectivity index (χ2n) is 3.60. The van der Waals surface area contributed by atoms with E-state index in [1.807, 2.05) is 13.8 Å². The smallest absolute Gasteiger partial charge is 0.321 e. The van der Waals surface area contributed by atoms with Crippen LogP contribution in [0.4, 0.5) is 4.79 Å². The molecule has 0 radical (unpaired) electrons. The van der Waals surface area contributed by atoms with E-state index in [1.54, 1.807) is 11.9 Å². The summed E-state index contributed by atoms with van der Waals surface area (Å²) in [6.45, 7) is 13.8. The molecule has 4 heteroatoms. The topological polar surface area (TPSA) is 49.4 Å². The first kappa shape index (κ1) is 19.5. The van der Waals surface area contributed by atoms with Crippen LogP contribution in [0.1, 0.15) is 33.6 Å². The molecule has 0 saturated carbocycles. The highest BCUT2D eigenvalue weighted by Crippen LogP contribution is 2.02. The molecule has 0 unspecified atom stereocenters. The Labute approximate surface area is 116 Å². The van der Waals surface area contributed by atoms with Gasteiger partial charge in [0.1, 0.15) is 0 Å². The zero-order chi connectivity index (χ0) is 15.3. The van der Waals surface area contributed by atoms with E-state index in [-0.39, 0.29) is 6.03 Å². The zero-order valence-electron chi connectivity index (χ0n) is 12.5. The molecule has 0 saturated heterocycles. The van der Waals surface area contributed by atoms with E-state index in [2.05, 4.69) is 25.4 Å². The Hall–Kier alpha value is -1.84. The summed E-state index contributed by atoms with van der Waals surface area (Å²) in [5, 5.41) is 2.62. The first-order chi connectivity index (χ1) is 9.10. The van der Waals surface area contributed by atoms with Crippen LogP contribution in [0.25, 0.3) is 0 Å². The highest BCUT2D eigenvalue weighted by atomic mass is 16.2. The Morgan fingerprint density at radius 2 is 1.84 bits per heavy atom. The number of carbonyl (C=O) groups is 2. The molecule has 4 nitrogen and oxygen atoms in total. The number of hydrogen-bond acceptors (Lipinski definition) is 2. The Morgan fingerprint density at radius 1 is 1.26 bits per heavy atom. The van der Waals surface area contributed by atoms with Crippen LogP contribution >= 0.6 is 0 Å². The molecule has 0 rings (SSSR count). The number of aldehydes is 1. The Bertz CT molecular complexity index is 323. The van der Waals surface area contributed by atoms with Gasteiger partial charge < -0.3 is 10.2 Å². The van der Waals surface area contributed by atoms with Crippen molar-refractivity contribution >= 4 is 12.3 Å². The summed E-state index contributed by atoms with van der Waals surface area (Å²) < 4.78 is 0. The van der Waals surface area contributed by atoms with Gasteiger partial charge in [-0.25, -0.2) is 4.79 Å². The summed E-state index contributed by atoms with van der Waals surface area (Å²) in [4.78, 5) is 24.0. The van der Waals surface area contributed by atoms with Gasteiger partial charge in [0.25, 0.3) is 0 Å². The first-order valence-corrected chi connectivity index (χ1v) is 6.57. The maximum absolute atomic E-state index is 11.7. The second-order valence-corrected chi connectivity index (χ2v) is 3.60. The molecular formula is C15H26N2O2. The van der Waals surface area contributed by atoms with Gasteiger partial charge in [-0.2, -0.15) is 0 Å². The lowest BCUT2D eigenvalue weighted by atomic mass is 10.2. The van der Waals surface area contributed by atoms with Gasteiger partial charge in [0.15, 0.2) is 6.29 Å². The Morgan fingerprint density at radius 3 is 2.21 bits per heavy atom. The van der Waals surface area contributed by atoms with Crippen LogP contribution in [0, 0.1) is 0 Å². The molecule has 0 heterocycles. The average molecular weight is 266 g/mol. The molecule has 0 aliphatic rings. The molecule has 1 N–H and O–H groups in total. The molecule has 0 aromatic heterocycles. The lowest BCUT2D eigenvalue weighted by molar-refractivity contribution is -0.104. The van der Waals surface area contributed by atoms with Crippen LogP contribution in [-0.4, -0.2) is 30.8 Å². The van der Waals surface area contributed by atoms with Crippen LogP contribution in [0.15, 0.2) is 36.6 Å². The van der Waals surface area contributed by atoms with E-state index >= 15 is 0 Å². The van der Waals surface area contributed by atoms with Crippen molar-refractivity contribution in [3.05, 3.63) is 36.6 Å². The van der Waals surface area contributed by atoms with Gasteiger partial charge in [-0.3, -0.25) is 4.79 Å². The zero-order valence-corrected chi connectivity index (χ0v) is 12.5. The Balaban J connectivity index is 0. The first-order valence-electron chi connectivity index (χ1n) is 6.57. The summed E-state index contributed by atoms with van der Waals surface area (Å²) in [5.74, 6) is 0. The molecule has 0 atom stereocenters. The quantitative estimate of drug-likeness (QED) is 0.437. The third-order valence-electron chi connectivity index (χ3n) is 2.30. The summed E-state index contributed by atoms with van der Waals surface area (Å²) in [6.07, 6.45) is 5.41. The third kappa shape index (κ3) is 7.97. The van der Waals surface area contributed by atoms with Gasteiger partial charge in [-0.1, -0.05) is 46.4 Å². The summed E-state index contributed by atoms with van der Waals surface area (Å²) in [6, 6.07) is -0.255. The number of amides is 2. The van der Waals surface area contributed by atoms with Crippen molar-refractivity contribution in [3.63, 3.8) is 0 Å². The van der Waals surface area contributed by atoms with Crippen LogP contribution in [0.2, 0.25) is 0 Å². The van der Waals surface area contributed by atoms with E-state index in [9.17, 15) is 9.59 Å². The minimum Gasteiger partial charge on any atom is -0.328 e. The van der Waals surface area contributed by atoms with E-state index in [1.165, 1.54) is 12.2 Å². The van der Waals surface area contributed by atoms with Crippen molar-refractivity contribution in [3.8, 4) is 0 Å². The molecule has 0 bridgehead atoms. The van der Waals surface area contributed by atoms with Crippen LogP contribution < -0.4 is 5.32 Å². The largest absolute Gasteiger partial charge is 0.328 e. The molecule has 0 aliphatic carbocycles. The highest BCUT2D eigenvalue weighted by Gasteiger charge is 2.09. The average Bonchev–Trinajstić information content (AvgIpc) is 2.46. The molecule has 0 spiro atoms. The van der Waals surface area contributed by atoms with Gasteiger partial charge in [-0.15, -0.1) is 0 Å². The number of carbonyl (C=O) groups excluding carboxylic acids is 2. The van der Waals surface area contributed by atoms with Gasteiger partial charge in [-0.05, 0) is 12.5 Å². The summed E-state index contributed by atoms with van der Waals surface area (Å²) in [5.41, 5.74) is 0.695. The predicted molar refractivity (Wildman–Crippen MR) is 80.9 cm³/mol. The number of urea groups is 1. The summed E-state index contributed by atoms with van der Waals surface area (Å²) >= 11 is 0. The fourth-order valence-electron chi connectivity index (χ4n) is 1.17. The predicted octanol–water partition coefficient (Wildman–Crippen LogP) is 3.28. The number of nitrogens with zero attached hydrogens (tertiary/aromatic N) is 1. The van der Waals surface area contributed by atoms with Crippen molar-refractivity contribution in [1.82, 2.24) is 10.2 Å². The Kier molecular flexibility index (Phi) is 12.9. The highest BCUT2D eigenvalue weighted by molar-refractivity contribution is 5.83. The minimum atomic E-state index is -0.255. The fraction of sp³-hybridized carbons (Fsp3) is 0.467. The van der Waals surface area contributed by atoms with Gasteiger partial charge in [0, 0.05) is 19.2 Å². The van der Waals surface area contributed by atoms with Crippen LogP contribution in [0.5, 0.6) is 0 Å². The molecule has 0 aromatic rings. The minimum absolute atomic E-state index is 0.255. The van der Waals surface area contributed by atoms with Crippen molar-refractivity contribution < 1.29 is 9.59 Å². The molecule has 0 fully saturated rings. The normalized spacial score (nSPS) is 10.3. The maximum Gasteiger partial charge on any atom is 0.321 e. The van der Waals surface area contributed by atoms with E-state index in [4.69, 9.17) is 0 Å². The monoisotopic (exact) mass is 266 g/mol. The third-order valence-corrected chi connectivity index (χ3v) is 2.30. The number of hydrogen-bond donors (Lipinski definition) is 1. The lowest BCUT2D eigenvalue weighted by Crippen LogP contribution is -2.37. The SMILES string of the molecule is C=C/C(C=O)=C(\C=C)NC(=O)N(C)CCCC.CC. The molecule has 0 aromatic carbocycles.